The summed E-state index contributed by atoms with van der Waals surface area (Å²) in [6.07, 6.45) is -0.304. The van der Waals surface area contributed by atoms with Crippen molar-refractivity contribution in [2.45, 2.75) is 26.0 Å². The van der Waals surface area contributed by atoms with E-state index in [9.17, 15) is 9.18 Å². The lowest BCUT2D eigenvalue weighted by molar-refractivity contribution is 0.0928. The highest BCUT2D eigenvalue weighted by atomic mass is 19.1. The lowest BCUT2D eigenvalue weighted by Gasteiger charge is -2.21. The number of benzene rings is 1. The molecule has 1 amide bonds. The van der Waals surface area contributed by atoms with Crippen LogP contribution in [0.4, 0.5) is 10.2 Å². The van der Waals surface area contributed by atoms with Crippen LogP contribution in [0.25, 0.3) is 11.0 Å². The van der Waals surface area contributed by atoms with Crippen molar-refractivity contribution in [3.63, 3.8) is 0 Å². The highest BCUT2D eigenvalue weighted by Gasteiger charge is 2.20. The minimum Gasteiger partial charge on any atom is -0.489 e. The normalized spacial score (nSPS) is 20.2. The van der Waals surface area contributed by atoms with E-state index in [1.54, 1.807) is 18.2 Å². The van der Waals surface area contributed by atoms with Gasteiger partial charge in [0.15, 0.2) is 5.69 Å². The summed E-state index contributed by atoms with van der Waals surface area (Å²) in [6, 6.07) is 7.72. The number of hydrogen-bond acceptors (Lipinski definition) is 5. The van der Waals surface area contributed by atoms with E-state index in [0.29, 0.717) is 28.2 Å². The zero-order valence-corrected chi connectivity index (χ0v) is 14.3. The molecule has 3 heterocycles. The van der Waals surface area contributed by atoms with Crippen molar-refractivity contribution in [1.29, 1.82) is 0 Å². The van der Waals surface area contributed by atoms with Gasteiger partial charge in [0.2, 0.25) is 0 Å². The number of anilines is 1. The Bertz CT molecular complexity index is 987. The summed E-state index contributed by atoms with van der Waals surface area (Å²) in [5.74, 6) is 0.449. The quantitative estimate of drug-likeness (QED) is 0.577. The number of aromatic amines is 1. The van der Waals surface area contributed by atoms with Gasteiger partial charge in [-0.15, -0.1) is 0 Å². The second kappa shape index (κ2) is 6.29. The molecule has 134 valence electrons. The van der Waals surface area contributed by atoms with Crippen molar-refractivity contribution >= 4 is 22.8 Å². The third kappa shape index (κ3) is 2.94. The Morgan fingerprint density at radius 2 is 2.08 bits per heavy atom. The number of nitrogens with one attached hydrogen (secondary N) is 3. The van der Waals surface area contributed by atoms with E-state index in [1.165, 1.54) is 12.1 Å². The van der Waals surface area contributed by atoms with Gasteiger partial charge in [0.1, 0.15) is 29.0 Å². The Balaban J connectivity index is 1.82. The van der Waals surface area contributed by atoms with Crippen molar-refractivity contribution in [3.05, 3.63) is 47.4 Å². The molecule has 1 aromatic carbocycles. The minimum atomic E-state index is -0.341. The molecule has 0 fully saturated rings. The molecule has 2 bridgehead atoms. The number of fused-ring (bicyclic) bond motifs is 2. The van der Waals surface area contributed by atoms with Crippen LogP contribution >= 0.6 is 0 Å². The Hall–Kier alpha value is -3.16. The van der Waals surface area contributed by atoms with Crippen molar-refractivity contribution < 1.29 is 13.9 Å². The van der Waals surface area contributed by atoms with Gasteiger partial charge >= 0.3 is 0 Å². The maximum Gasteiger partial charge on any atom is 0.274 e. The smallest absolute Gasteiger partial charge is 0.274 e. The second-order valence-electron chi connectivity index (χ2n) is 6.35. The first kappa shape index (κ1) is 16.3. The average molecular weight is 355 g/mol. The predicted molar refractivity (Wildman–Crippen MR) is 94.7 cm³/mol. The van der Waals surface area contributed by atoms with E-state index < -0.39 is 0 Å². The first-order chi connectivity index (χ1) is 12.5. The minimum absolute atomic E-state index is 0.228. The van der Waals surface area contributed by atoms with Crippen LogP contribution in [0.1, 0.15) is 35.9 Å². The van der Waals surface area contributed by atoms with Crippen LogP contribution in [0.5, 0.6) is 5.75 Å². The zero-order chi connectivity index (χ0) is 18.3. The molecule has 0 saturated heterocycles. The first-order valence-corrected chi connectivity index (χ1v) is 8.37. The molecule has 0 spiro atoms. The third-order valence-corrected chi connectivity index (χ3v) is 4.30. The number of carbonyl (C=O) groups excluding carboxylic acids is 1. The molecule has 3 aromatic rings. The largest absolute Gasteiger partial charge is 0.489 e. The maximum atomic E-state index is 13.8. The second-order valence-corrected chi connectivity index (χ2v) is 6.35. The number of halogens is 1. The molecule has 0 aliphatic carbocycles. The monoisotopic (exact) mass is 355 g/mol. The van der Waals surface area contributed by atoms with E-state index in [2.05, 4.69) is 25.8 Å². The van der Waals surface area contributed by atoms with E-state index >= 15 is 0 Å². The topological polar surface area (TPSA) is 91.9 Å². The molecule has 0 unspecified atom stereocenters. The Morgan fingerprint density at radius 3 is 2.92 bits per heavy atom. The number of rotatable bonds is 0. The summed E-state index contributed by atoms with van der Waals surface area (Å²) in [5, 5.41) is 12.9. The van der Waals surface area contributed by atoms with Crippen LogP contribution in [0.2, 0.25) is 0 Å². The number of ether oxygens (including phenoxy) is 1. The Morgan fingerprint density at radius 1 is 1.23 bits per heavy atom. The molecule has 2 aromatic heterocycles. The van der Waals surface area contributed by atoms with Crippen LogP contribution in [-0.2, 0) is 0 Å². The fourth-order valence-electron chi connectivity index (χ4n) is 2.98. The van der Waals surface area contributed by atoms with E-state index in [1.807, 2.05) is 13.8 Å². The summed E-state index contributed by atoms with van der Waals surface area (Å²) in [4.78, 5) is 16.9. The molecule has 0 saturated carbocycles. The third-order valence-electron chi connectivity index (χ3n) is 4.30. The molecule has 3 N–H and O–H groups in total. The van der Waals surface area contributed by atoms with Crippen LogP contribution in [0.15, 0.2) is 30.3 Å². The average Bonchev–Trinajstić information content (AvgIpc) is 3.03. The highest BCUT2D eigenvalue weighted by molar-refractivity contribution is 6.03. The van der Waals surface area contributed by atoms with Gasteiger partial charge in [0, 0.05) is 5.56 Å². The summed E-state index contributed by atoms with van der Waals surface area (Å²) < 4.78 is 19.7. The SMILES string of the molecule is C[C@H]1CNC(=O)c2n[nH]c3ccc(nc23)N[C@H](C)c2cc(F)ccc2O1. The van der Waals surface area contributed by atoms with Crippen LogP contribution in [0, 0.1) is 5.82 Å². The predicted octanol–water partition coefficient (Wildman–Crippen LogP) is 2.78. The molecule has 4 rings (SSSR count). The summed E-state index contributed by atoms with van der Waals surface area (Å²) in [5.41, 5.74) is 2.05. The molecule has 7 nitrogen and oxygen atoms in total. The molecule has 1 aliphatic rings. The first-order valence-electron chi connectivity index (χ1n) is 8.37. The number of hydrogen-bond donors (Lipinski definition) is 3. The van der Waals surface area contributed by atoms with Crippen molar-refractivity contribution in [1.82, 2.24) is 20.5 Å². The molecular weight excluding hydrogens is 337 g/mol. The highest BCUT2D eigenvalue weighted by Crippen LogP contribution is 2.30. The van der Waals surface area contributed by atoms with Crippen molar-refractivity contribution in [2.24, 2.45) is 0 Å². The van der Waals surface area contributed by atoms with Crippen molar-refractivity contribution in [3.8, 4) is 5.75 Å². The van der Waals surface area contributed by atoms with E-state index in [-0.39, 0.29) is 36.1 Å². The van der Waals surface area contributed by atoms with Gasteiger partial charge in [0.25, 0.3) is 5.91 Å². The van der Waals surface area contributed by atoms with E-state index in [4.69, 9.17) is 4.74 Å². The Kier molecular flexibility index (Phi) is 3.95. The molecule has 26 heavy (non-hydrogen) atoms. The maximum absolute atomic E-state index is 13.8. The van der Waals surface area contributed by atoms with Crippen molar-refractivity contribution in [2.75, 3.05) is 11.9 Å². The number of H-pyrrole nitrogens is 1. The number of pyridine rings is 1. The fourth-order valence-corrected chi connectivity index (χ4v) is 2.98. The van der Waals surface area contributed by atoms with Gasteiger partial charge in [-0.1, -0.05) is 0 Å². The number of aromatic nitrogens is 3. The summed E-state index contributed by atoms with van der Waals surface area (Å²) in [6.45, 7) is 4.02. The molecule has 0 radical (unpaired) electrons. The molecule has 2 atom stereocenters. The lowest BCUT2D eigenvalue weighted by atomic mass is 10.1. The van der Waals surface area contributed by atoms with Gasteiger partial charge < -0.3 is 15.4 Å². The lowest BCUT2D eigenvalue weighted by Crippen LogP contribution is -2.34. The van der Waals surface area contributed by atoms with Gasteiger partial charge in [-0.25, -0.2) is 9.37 Å². The van der Waals surface area contributed by atoms with Gasteiger partial charge in [-0.3, -0.25) is 9.89 Å². The molecular formula is C18H18FN5O2. The fraction of sp³-hybridized carbons (Fsp3) is 0.278. The molecule has 1 aliphatic heterocycles. The van der Waals surface area contributed by atoms with Crippen LogP contribution < -0.4 is 15.4 Å². The summed E-state index contributed by atoms with van der Waals surface area (Å²) >= 11 is 0. The summed E-state index contributed by atoms with van der Waals surface area (Å²) in [7, 11) is 0. The standard InChI is InChI=1S/C18H18FN5O2/c1-9-8-20-18(25)17-16-13(23-24-17)4-6-15(22-16)21-10(2)12-7-11(19)3-5-14(12)26-9/h3-7,9-10H,8H2,1-2H3,(H,20,25)(H,21,22)(H,23,24)/t9-,10+/m0/s1. The Labute approximate surface area is 149 Å². The number of nitrogens with zero attached hydrogens (tertiary/aromatic N) is 2. The van der Waals surface area contributed by atoms with Crippen LogP contribution in [0.3, 0.4) is 0 Å². The van der Waals surface area contributed by atoms with Gasteiger partial charge in [-0.2, -0.15) is 5.10 Å². The number of carbonyl (C=O) groups is 1. The van der Waals surface area contributed by atoms with Crippen LogP contribution in [-0.4, -0.2) is 33.7 Å². The number of amides is 1. The van der Waals surface area contributed by atoms with Gasteiger partial charge in [-0.05, 0) is 44.2 Å². The van der Waals surface area contributed by atoms with Gasteiger partial charge in [0.05, 0.1) is 18.1 Å². The zero-order valence-electron chi connectivity index (χ0n) is 14.3. The van der Waals surface area contributed by atoms with E-state index in [0.717, 1.165) is 0 Å². The molecule has 8 heteroatoms.